The molecule has 1 heterocycles. The Bertz CT molecular complexity index is 627. The van der Waals surface area contributed by atoms with Crippen LogP contribution in [-0.4, -0.2) is 30.0 Å². The van der Waals surface area contributed by atoms with Crippen molar-refractivity contribution >= 4 is 0 Å². The molecule has 4 nitrogen and oxygen atoms in total. The average Bonchev–Trinajstić information content (AvgIpc) is 2.64. The van der Waals surface area contributed by atoms with Gasteiger partial charge < -0.3 is 19.3 Å². The Morgan fingerprint density at radius 1 is 0.875 bits per heavy atom. The molecule has 0 saturated carbocycles. The molecule has 2 aromatic carbocycles. The standard InChI is InChI=1S/C20H22O4/c21-20-18(24-14-17-9-5-2-6-10-17)11-12-23-19(20)15-22-13-16-7-3-1-4-8-16/h1-12,18-21H,13-15H2/t18-,19-,20+/m1/s1. The van der Waals surface area contributed by atoms with Gasteiger partial charge in [-0.05, 0) is 17.2 Å². The lowest BCUT2D eigenvalue weighted by atomic mass is 10.1. The zero-order chi connectivity index (χ0) is 16.6. The van der Waals surface area contributed by atoms with E-state index >= 15 is 0 Å². The van der Waals surface area contributed by atoms with Crippen LogP contribution in [0, 0.1) is 0 Å². The van der Waals surface area contributed by atoms with Gasteiger partial charge in [0, 0.05) is 0 Å². The van der Waals surface area contributed by atoms with E-state index < -0.39 is 18.3 Å². The topological polar surface area (TPSA) is 47.9 Å². The molecule has 0 fully saturated rings. The molecule has 0 aromatic heterocycles. The summed E-state index contributed by atoms with van der Waals surface area (Å²) in [5, 5.41) is 10.4. The summed E-state index contributed by atoms with van der Waals surface area (Å²) in [4.78, 5) is 0. The third-order valence-corrected chi connectivity index (χ3v) is 3.92. The minimum absolute atomic E-state index is 0.311. The van der Waals surface area contributed by atoms with E-state index in [9.17, 15) is 5.11 Å². The fourth-order valence-corrected chi connectivity index (χ4v) is 2.56. The Labute approximate surface area is 142 Å². The predicted molar refractivity (Wildman–Crippen MR) is 91.1 cm³/mol. The number of aliphatic hydroxyl groups excluding tert-OH is 1. The molecule has 24 heavy (non-hydrogen) atoms. The smallest absolute Gasteiger partial charge is 0.150 e. The second-order valence-electron chi connectivity index (χ2n) is 5.76. The number of aliphatic hydroxyl groups is 1. The highest BCUT2D eigenvalue weighted by molar-refractivity contribution is 5.14. The average molecular weight is 326 g/mol. The highest BCUT2D eigenvalue weighted by Crippen LogP contribution is 2.18. The highest BCUT2D eigenvalue weighted by atomic mass is 16.6. The van der Waals surface area contributed by atoms with Gasteiger partial charge in [-0.2, -0.15) is 0 Å². The Balaban J connectivity index is 1.46. The fraction of sp³-hybridized carbons (Fsp3) is 0.300. The first kappa shape index (κ1) is 16.7. The molecule has 1 aliphatic rings. The second kappa shape index (κ2) is 8.64. The summed E-state index contributed by atoms with van der Waals surface area (Å²) in [7, 11) is 0. The van der Waals surface area contributed by atoms with Gasteiger partial charge in [0.05, 0.1) is 26.1 Å². The van der Waals surface area contributed by atoms with E-state index in [-0.39, 0.29) is 0 Å². The number of ether oxygens (including phenoxy) is 3. The number of hydrogen-bond donors (Lipinski definition) is 1. The molecule has 3 atom stereocenters. The first-order valence-electron chi connectivity index (χ1n) is 8.10. The van der Waals surface area contributed by atoms with Crippen LogP contribution in [0.4, 0.5) is 0 Å². The third kappa shape index (κ3) is 4.68. The summed E-state index contributed by atoms with van der Waals surface area (Å²) >= 11 is 0. The van der Waals surface area contributed by atoms with Crippen LogP contribution in [0.5, 0.6) is 0 Å². The molecular formula is C20H22O4. The minimum atomic E-state index is -0.755. The van der Waals surface area contributed by atoms with Gasteiger partial charge in [0.15, 0.2) is 0 Å². The van der Waals surface area contributed by atoms with Crippen LogP contribution in [0.3, 0.4) is 0 Å². The van der Waals surface area contributed by atoms with Crippen molar-refractivity contribution in [3.8, 4) is 0 Å². The summed E-state index contributed by atoms with van der Waals surface area (Å²) in [6.07, 6.45) is 1.73. The zero-order valence-corrected chi connectivity index (χ0v) is 13.5. The van der Waals surface area contributed by atoms with Crippen molar-refractivity contribution in [1.29, 1.82) is 0 Å². The SMILES string of the molecule is O[C@H]1[C@H](OCc2ccccc2)C=CO[C@@H]1COCc1ccccc1. The predicted octanol–water partition coefficient (Wildman–Crippen LogP) is 3.06. The second-order valence-corrected chi connectivity index (χ2v) is 5.76. The first-order valence-corrected chi connectivity index (χ1v) is 8.10. The monoisotopic (exact) mass is 326 g/mol. The van der Waals surface area contributed by atoms with Gasteiger partial charge in [-0.25, -0.2) is 0 Å². The lowest BCUT2D eigenvalue weighted by molar-refractivity contribution is -0.116. The summed E-state index contributed by atoms with van der Waals surface area (Å²) in [6.45, 7) is 1.25. The van der Waals surface area contributed by atoms with Gasteiger partial charge in [0.1, 0.15) is 18.3 Å². The summed E-state index contributed by atoms with van der Waals surface area (Å²) < 4.78 is 16.9. The molecule has 1 aliphatic heterocycles. The fourth-order valence-electron chi connectivity index (χ4n) is 2.56. The van der Waals surface area contributed by atoms with Crippen molar-refractivity contribution in [3.63, 3.8) is 0 Å². The number of rotatable bonds is 7. The molecule has 0 radical (unpaired) electrons. The molecular weight excluding hydrogens is 304 g/mol. The van der Waals surface area contributed by atoms with Crippen LogP contribution < -0.4 is 0 Å². The summed E-state index contributed by atoms with van der Waals surface area (Å²) in [6, 6.07) is 19.8. The van der Waals surface area contributed by atoms with Gasteiger partial charge in [-0.3, -0.25) is 0 Å². The van der Waals surface area contributed by atoms with E-state index in [0.29, 0.717) is 19.8 Å². The third-order valence-electron chi connectivity index (χ3n) is 3.92. The van der Waals surface area contributed by atoms with Crippen LogP contribution in [0.25, 0.3) is 0 Å². The van der Waals surface area contributed by atoms with Crippen LogP contribution in [0.15, 0.2) is 73.0 Å². The van der Waals surface area contributed by atoms with E-state index in [4.69, 9.17) is 14.2 Å². The van der Waals surface area contributed by atoms with Gasteiger partial charge in [-0.15, -0.1) is 0 Å². The van der Waals surface area contributed by atoms with Crippen molar-refractivity contribution in [1.82, 2.24) is 0 Å². The van der Waals surface area contributed by atoms with Gasteiger partial charge in [-0.1, -0.05) is 60.7 Å². The first-order chi connectivity index (χ1) is 11.8. The highest BCUT2D eigenvalue weighted by Gasteiger charge is 2.31. The molecule has 0 spiro atoms. The molecule has 0 saturated heterocycles. The van der Waals surface area contributed by atoms with E-state index in [0.717, 1.165) is 11.1 Å². The maximum absolute atomic E-state index is 10.4. The minimum Gasteiger partial charge on any atom is -0.493 e. The zero-order valence-electron chi connectivity index (χ0n) is 13.5. The van der Waals surface area contributed by atoms with Crippen molar-refractivity contribution < 1.29 is 19.3 Å². The lowest BCUT2D eigenvalue weighted by Crippen LogP contribution is -2.44. The van der Waals surface area contributed by atoms with Crippen LogP contribution in [-0.2, 0) is 27.4 Å². The Kier molecular flexibility index (Phi) is 6.01. The molecule has 3 rings (SSSR count). The van der Waals surface area contributed by atoms with E-state index in [1.807, 2.05) is 60.7 Å². The van der Waals surface area contributed by atoms with E-state index in [1.165, 1.54) is 0 Å². The number of hydrogen-bond acceptors (Lipinski definition) is 4. The Morgan fingerprint density at radius 3 is 2.17 bits per heavy atom. The summed E-state index contributed by atoms with van der Waals surface area (Å²) in [5.74, 6) is 0. The molecule has 126 valence electrons. The lowest BCUT2D eigenvalue weighted by Gasteiger charge is -2.31. The van der Waals surface area contributed by atoms with Crippen LogP contribution in [0.2, 0.25) is 0 Å². The molecule has 0 bridgehead atoms. The molecule has 0 amide bonds. The molecule has 1 N–H and O–H groups in total. The van der Waals surface area contributed by atoms with Gasteiger partial charge >= 0.3 is 0 Å². The molecule has 0 aliphatic carbocycles. The van der Waals surface area contributed by atoms with Crippen molar-refractivity contribution in [2.24, 2.45) is 0 Å². The maximum atomic E-state index is 10.4. The number of benzene rings is 2. The normalized spacial score (nSPS) is 23.0. The van der Waals surface area contributed by atoms with E-state index in [2.05, 4.69) is 0 Å². The van der Waals surface area contributed by atoms with Crippen LogP contribution >= 0.6 is 0 Å². The van der Waals surface area contributed by atoms with Crippen LogP contribution in [0.1, 0.15) is 11.1 Å². The van der Waals surface area contributed by atoms with E-state index in [1.54, 1.807) is 12.3 Å². The Hall–Kier alpha value is -2.14. The molecule has 2 aromatic rings. The molecule has 4 heteroatoms. The largest absolute Gasteiger partial charge is 0.493 e. The summed E-state index contributed by atoms with van der Waals surface area (Å²) in [5.41, 5.74) is 2.16. The Morgan fingerprint density at radius 2 is 1.50 bits per heavy atom. The van der Waals surface area contributed by atoms with Crippen molar-refractivity contribution in [2.45, 2.75) is 31.5 Å². The maximum Gasteiger partial charge on any atom is 0.150 e. The van der Waals surface area contributed by atoms with Crippen molar-refractivity contribution in [3.05, 3.63) is 84.1 Å². The van der Waals surface area contributed by atoms with Crippen molar-refractivity contribution in [2.75, 3.05) is 6.61 Å². The van der Waals surface area contributed by atoms with Gasteiger partial charge in [0.25, 0.3) is 0 Å². The van der Waals surface area contributed by atoms with Gasteiger partial charge in [0.2, 0.25) is 0 Å². The quantitative estimate of drug-likeness (QED) is 0.849. The molecule has 0 unspecified atom stereocenters.